The van der Waals surface area contributed by atoms with Crippen LogP contribution < -0.4 is 5.32 Å². The molecule has 0 radical (unpaired) electrons. The highest BCUT2D eigenvalue weighted by atomic mass is 16.3. The molecule has 2 N–H and O–H groups in total. The summed E-state index contributed by atoms with van der Waals surface area (Å²) in [5.41, 5.74) is 2.49. The van der Waals surface area contributed by atoms with E-state index in [-0.39, 0.29) is 12.1 Å². The van der Waals surface area contributed by atoms with Crippen molar-refractivity contribution in [3.8, 4) is 0 Å². The number of aliphatic hydroxyl groups is 1. The Kier molecular flexibility index (Phi) is 2.85. The second-order valence-electron chi connectivity index (χ2n) is 4.00. The second-order valence-corrected chi connectivity index (χ2v) is 4.00. The third kappa shape index (κ3) is 1.81. The Morgan fingerprint density at radius 3 is 2.86 bits per heavy atom. The van der Waals surface area contributed by atoms with Crippen molar-refractivity contribution in [3.05, 3.63) is 35.4 Å². The van der Waals surface area contributed by atoms with Crippen molar-refractivity contribution < 1.29 is 5.11 Å². The fraction of sp³-hybridized carbons (Fsp3) is 0.500. The number of aryl methyl sites for hydroxylation is 1. The Bertz CT molecular complexity index is 311. The number of hydrogen-bond acceptors (Lipinski definition) is 2. The minimum atomic E-state index is -0.232. The number of benzene rings is 1. The lowest BCUT2D eigenvalue weighted by molar-refractivity contribution is 0.0962. The van der Waals surface area contributed by atoms with Crippen LogP contribution >= 0.6 is 0 Å². The minimum absolute atomic E-state index is 0.130. The lowest BCUT2D eigenvalue weighted by Gasteiger charge is -2.30. The van der Waals surface area contributed by atoms with Gasteiger partial charge in [-0.2, -0.15) is 0 Å². The van der Waals surface area contributed by atoms with Crippen LogP contribution in [0.5, 0.6) is 0 Å². The van der Waals surface area contributed by atoms with E-state index in [1.165, 1.54) is 11.1 Å². The quantitative estimate of drug-likeness (QED) is 0.709. The number of nitrogens with one attached hydrogen (secondary N) is 1. The zero-order valence-electron chi connectivity index (χ0n) is 8.53. The number of aliphatic hydroxyl groups excluding tert-OH is 1. The van der Waals surface area contributed by atoms with E-state index in [0.29, 0.717) is 0 Å². The standard InChI is InChI=1S/C12H17NO/c1-9-5-2-3-6-10(9)12-11(14)7-4-8-13-12/h2-3,5-6,11-14H,4,7-8H2,1H3. The fourth-order valence-corrected chi connectivity index (χ4v) is 2.12. The first kappa shape index (κ1) is 9.69. The van der Waals surface area contributed by atoms with Crippen LogP contribution in [-0.2, 0) is 0 Å². The highest BCUT2D eigenvalue weighted by Gasteiger charge is 2.24. The van der Waals surface area contributed by atoms with Gasteiger partial charge >= 0.3 is 0 Å². The van der Waals surface area contributed by atoms with Gasteiger partial charge in [-0.25, -0.2) is 0 Å². The number of piperidine rings is 1. The van der Waals surface area contributed by atoms with Crippen LogP contribution in [0, 0.1) is 6.92 Å². The molecular weight excluding hydrogens is 174 g/mol. The van der Waals surface area contributed by atoms with Crippen LogP contribution in [0.25, 0.3) is 0 Å². The van der Waals surface area contributed by atoms with Gasteiger partial charge in [-0.05, 0) is 37.4 Å². The Morgan fingerprint density at radius 1 is 1.36 bits per heavy atom. The van der Waals surface area contributed by atoms with Crippen LogP contribution in [0.4, 0.5) is 0 Å². The van der Waals surface area contributed by atoms with E-state index in [1.54, 1.807) is 0 Å². The van der Waals surface area contributed by atoms with Crippen LogP contribution in [0.2, 0.25) is 0 Å². The lowest BCUT2D eigenvalue weighted by Crippen LogP contribution is -2.37. The van der Waals surface area contributed by atoms with Crippen molar-refractivity contribution >= 4 is 0 Å². The Hall–Kier alpha value is -0.860. The molecule has 1 heterocycles. The first-order valence-corrected chi connectivity index (χ1v) is 5.26. The highest BCUT2D eigenvalue weighted by Crippen LogP contribution is 2.25. The van der Waals surface area contributed by atoms with Gasteiger partial charge in [-0.15, -0.1) is 0 Å². The van der Waals surface area contributed by atoms with Crippen molar-refractivity contribution in [1.82, 2.24) is 5.32 Å². The molecule has 1 aliphatic heterocycles. The number of rotatable bonds is 1. The molecule has 2 atom stereocenters. The summed E-state index contributed by atoms with van der Waals surface area (Å²) in [6.07, 6.45) is 1.75. The average molecular weight is 191 g/mol. The zero-order chi connectivity index (χ0) is 9.97. The maximum absolute atomic E-state index is 9.88. The summed E-state index contributed by atoms with van der Waals surface area (Å²) < 4.78 is 0. The van der Waals surface area contributed by atoms with Crippen LogP contribution in [0.3, 0.4) is 0 Å². The average Bonchev–Trinajstić information content (AvgIpc) is 2.20. The lowest BCUT2D eigenvalue weighted by atomic mass is 9.92. The summed E-state index contributed by atoms with van der Waals surface area (Å²) in [7, 11) is 0. The van der Waals surface area contributed by atoms with Gasteiger partial charge in [-0.1, -0.05) is 24.3 Å². The summed E-state index contributed by atoms with van der Waals surface area (Å²) in [5.74, 6) is 0. The topological polar surface area (TPSA) is 32.3 Å². The van der Waals surface area contributed by atoms with E-state index in [1.807, 2.05) is 12.1 Å². The molecule has 1 saturated heterocycles. The molecule has 0 aliphatic carbocycles. The third-order valence-electron chi connectivity index (χ3n) is 2.95. The van der Waals surface area contributed by atoms with E-state index >= 15 is 0 Å². The van der Waals surface area contributed by atoms with E-state index in [4.69, 9.17) is 0 Å². The largest absolute Gasteiger partial charge is 0.391 e. The molecule has 2 nitrogen and oxygen atoms in total. The normalized spacial score (nSPS) is 27.6. The van der Waals surface area contributed by atoms with Gasteiger partial charge in [0.05, 0.1) is 12.1 Å². The first-order valence-electron chi connectivity index (χ1n) is 5.26. The smallest absolute Gasteiger partial charge is 0.0735 e. The van der Waals surface area contributed by atoms with Crippen molar-refractivity contribution in [2.24, 2.45) is 0 Å². The third-order valence-corrected chi connectivity index (χ3v) is 2.95. The van der Waals surface area contributed by atoms with Gasteiger partial charge in [0.15, 0.2) is 0 Å². The molecule has 2 rings (SSSR count). The summed E-state index contributed by atoms with van der Waals surface area (Å²) in [5, 5.41) is 13.3. The molecule has 76 valence electrons. The molecule has 1 fully saturated rings. The van der Waals surface area contributed by atoms with Crippen molar-refractivity contribution in [2.45, 2.75) is 31.9 Å². The van der Waals surface area contributed by atoms with Gasteiger partial charge in [-0.3, -0.25) is 0 Å². The zero-order valence-corrected chi connectivity index (χ0v) is 8.53. The predicted molar refractivity (Wildman–Crippen MR) is 57.2 cm³/mol. The Labute approximate surface area is 85.0 Å². The van der Waals surface area contributed by atoms with Crippen LogP contribution in [-0.4, -0.2) is 17.8 Å². The second kappa shape index (κ2) is 4.11. The molecule has 1 aromatic rings. The molecule has 14 heavy (non-hydrogen) atoms. The Morgan fingerprint density at radius 2 is 2.14 bits per heavy atom. The van der Waals surface area contributed by atoms with Crippen molar-refractivity contribution in [2.75, 3.05) is 6.54 Å². The maximum Gasteiger partial charge on any atom is 0.0735 e. The summed E-state index contributed by atoms with van der Waals surface area (Å²) >= 11 is 0. The maximum atomic E-state index is 9.88. The monoisotopic (exact) mass is 191 g/mol. The van der Waals surface area contributed by atoms with Gasteiger partial charge in [0.2, 0.25) is 0 Å². The summed E-state index contributed by atoms with van der Waals surface area (Å²) in [4.78, 5) is 0. The molecule has 0 amide bonds. The van der Waals surface area contributed by atoms with Gasteiger partial charge in [0, 0.05) is 0 Å². The fourth-order valence-electron chi connectivity index (χ4n) is 2.12. The molecule has 0 saturated carbocycles. The van der Waals surface area contributed by atoms with E-state index in [0.717, 1.165) is 19.4 Å². The van der Waals surface area contributed by atoms with E-state index in [9.17, 15) is 5.11 Å². The molecule has 0 aromatic heterocycles. The van der Waals surface area contributed by atoms with Gasteiger partial charge in [0.25, 0.3) is 0 Å². The van der Waals surface area contributed by atoms with Gasteiger partial charge in [0.1, 0.15) is 0 Å². The first-order chi connectivity index (χ1) is 6.79. The van der Waals surface area contributed by atoms with E-state index in [2.05, 4.69) is 24.4 Å². The molecular formula is C12H17NO. The molecule has 2 unspecified atom stereocenters. The predicted octanol–water partition coefficient (Wildman–Crippen LogP) is 1.78. The van der Waals surface area contributed by atoms with Crippen LogP contribution in [0.1, 0.15) is 30.0 Å². The highest BCUT2D eigenvalue weighted by molar-refractivity contribution is 5.29. The summed E-state index contributed by atoms with van der Waals surface area (Å²) in [6, 6.07) is 8.39. The molecule has 2 heteroatoms. The van der Waals surface area contributed by atoms with E-state index < -0.39 is 0 Å². The number of hydrogen-bond donors (Lipinski definition) is 2. The molecule has 0 bridgehead atoms. The van der Waals surface area contributed by atoms with Gasteiger partial charge < -0.3 is 10.4 Å². The molecule has 0 spiro atoms. The van der Waals surface area contributed by atoms with Crippen LogP contribution in [0.15, 0.2) is 24.3 Å². The van der Waals surface area contributed by atoms with Crippen molar-refractivity contribution in [3.63, 3.8) is 0 Å². The summed E-state index contributed by atoms with van der Waals surface area (Å²) in [6.45, 7) is 3.11. The van der Waals surface area contributed by atoms with Crippen molar-refractivity contribution in [1.29, 1.82) is 0 Å². The minimum Gasteiger partial charge on any atom is -0.391 e. The molecule has 1 aliphatic rings. The SMILES string of the molecule is Cc1ccccc1C1NCCCC1O. The Balaban J connectivity index is 2.25. The molecule has 1 aromatic carbocycles.